The summed E-state index contributed by atoms with van der Waals surface area (Å²) in [5, 5.41) is 2.83. The average Bonchev–Trinajstić information content (AvgIpc) is 2.65. The minimum atomic E-state index is -0.0811. The van der Waals surface area contributed by atoms with E-state index in [4.69, 9.17) is 4.74 Å². The molecule has 1 N–H and O–H groups in total. The number of anilines is 1. The lowest BCUT2D eigenvalue weighted by atomic mass is 10.0. The summed E-state index contributed by atoms with van der Waals surface area (Å²) in [6.07, 6.45) is 1.17. The van der Waals surface area contributed by atoms with Gasteiger partial charge in [0, 0.05) is 19.2 Å². The molecule has 2 aromatic rings. The molecule has 0 spiro atoms. The van der Waals surface area contributed by atoms with Crippen molar-refractivity contribution < 1.29 is 14.3 Å². The van der Waals surface area contributed by atoms with E-state index in [1.165, 1.54) is 0 Å². The van der Waals surface area contributed by atoms with E-state index < -0.39 is 0 Å². The highest BCUT2D eigenvalue weighted by Gasteiger charge is 2.19. The van der Waals surface area contributed by atoms with Gasteiger partial charge in [0.2, 0.25) is 5.91 Å². The summed E-state index contributed by atoms with van der Waals surface area (Å²) in [5.74, 6) is 0.597. The van der Waals surface area contributed by atoms with E-state index in [-0.39, 0.29) is 24.5 Å². The maximum atomic E-state index is 12.4. The van der Waals surface area contributed by atoms with Crippen molar-refractivity contribution in [1.29, 1.82) is 0 Å². The minimum absolute atomic E-state index is 0.0151. The second kappa shape index (κ2) is 7.38. The fourth-order valence-electron chi connectivity index (χ4n) is 2.87. The van der Waals surface area contributed by atoms with Gasteiger partial charge in [0.15, 0.2) is 6.61 Å². The maximum absolute atomic E-state index is 12.4. The normalized spacial score (nSPS) is 14.2. The van der Waals surface area contributed by atoms with Gasteiger partial charge < -0.3 is 15.0 Å². The van der Waals surface area contributed by atoms with E-state index in [9.17, 15) is 9.59 Å². The van der Waals surface area contributed by atoms with Crippen molar-refractivity contribution in [2.75, 3.05) is 19.0 Å². The average molecular weight is 338 g/mol. The fraction of sp³-hybridized carbons (Fsp3) is 0.300. The number of rotatable bonds is 5. The topological polar surface area (TPSA) is 58.6 Å². The number of amides is 2. The molecule has 3 rings (SSSR count). The smallest absolute Gasteiger partial charge is 0.260 e. The molecule has 5 heteroatoms. The van der Waals surface area contributed by atoms with Crippen molar-refractivity contribution in [2.24, 2.45) is 0 Å². The predicted molar refractivity (Wildman–Crippen MR) is 96.5 cm³/mol. The van der Waals surface area contributed by atoms with Crippen molar-refractivity contribution in [2.45, 2.75) is 25.8 Å². The number of nitrogens with one attached hydrogen (secondary N) is 1. The Morgan fingerprint density at radius 2 is 1.96 bits per heavy atom. The summed E-state index contributed by atoms with van der Waals surface area (Å²) in [6, 6.07) is 15.4. The zero-order chi connectivity index (χ0) is 17.8. The molecule has 1 unspecified atom stereocenters. The largest absolute Gasteiger partial charge is 0.484 e. The number of likely N-dealkylation sites (N-methyl/N-ethyl adjacent to an activating group) is 1. The second-order valence-corrected chi connectivity index (χ2v) is 6.25. The molecule has 130 valence electrons. The molecule has 0 bridgehead atoms. The first-order chi connectivity index (χ1) is 12.0. The van der Waals surface area contributed by atoms with Gasteiger partial charge in [0.05, 0.1) is 6.04 Å². The van der Waals surface area contributed by atoms with Gasteiger partial charge in [0.25, 0.3) is 5.91 Å². The number of hydrogen-bond donors (Lipinski definition) is 1. The highest BCUT2D eigenvalue weighted by molar-refractivity contribution is 5.94. The molecule has 5 nitrogen and oxygen atoms in total. The van der Waals surface area contributed by atoms with Crippen LogP contribution < -0.4 is 10.1 Å². The first-order valence-corrected chi connectivity index (χ1v) is 8.41. The lowest BCUT2D eigenvalue weighted by Gasteiger charge is -2.25. The number of carbonyl (C=O) groups excluding carboxylic acids is 2. The molecule has 2 amide bonds. The van der Waals surface area contributed by atoms with E-state index in [0.29, 0.717) is 18.6 Å². The van der Waals surface area contributed by atoms with E-state index in [2.05, 4.69) is 5.32 Å². The van der Waals surface area contributed by atoms with Crippen LogP contribution in [0.5, 0.6) is 5.75 Å². The van der Waals surface area contributed by atoms with Crippen LogP contribution in [-0.2, 0) is 16.0 Å². The van der Waals surface area contributed by atoms with E-state index in [1.54, 1.807) is 18.0 Å². The molecule has 1 aliphatic rings. The molecule has 2 aromatic carbocycles. The maximum Gasteiger partial charge on any atom is 0.260 e. The van der Waals surface area contributed by atoms with Gasteiger partial charge in [-0.1, -0.05) is 30.3 Å². The third kappa shape index (κ3) is 3.99. The molecule has 0 radical (unpaired) electrons. The molecular weight excluding hydrogens is 316 g/mol. The number of aryl methyl sites for hydroxylation is 1. The summed E-state index contributed by atoms with van der Waals surface area (Å²) in [7, 11) is 1.78. The number of carbonyl (C=O) groups is 2. The van der Waals surface area contributed by atoms with E-state index >= 15 is 0 Å². The number of hydrogen-bond acceptors (Lipinski definition) is 3. The van der Waals surface area contributed by atoms with Crippen LogP contribution in [0.4, 0.5) is 5.69 Å². The summed E-state index contributed by atoms with van der Waals surface area (Å²) >= 11 is 0. The summed E-state index contributed by atoms with van der Waals surface area (Å²) < 4.78 is 5.66. The van der Waals surface area contributed by atoms with Gasteiger partial charge >= 0.3 is 0 Å². The number of benzene rings is 2. The molecule has 0 fully saturated rings. The summed E-state index contributed by atoms with van der Waals surface area (Å²) in [6.45, 7) is 1.98. The molecule has 25 heavy (non-hydrogen) atoms. The fourth-order valence-corrected chi connectivity index (χ4v) is 2.87. The van der Waals surface area contributed by atoms with Gasteiger partial charge in [-0.25, -0.2) is 0 Å². The SMILES string of the molecule is CC(c1ccccc1)N(C)C(=O)COc1ccc2c(c1)CCC(=O)N2. The Hall–Kier alpha value is -2.82. The van der Waals surface area contributed by atoms with Gasteiger partial charge in [-0.3, -0.25) is 9.59 Å². The zero-order valence-corrected chi connectivity index (χ0v) is 14.5. The molecular formula is C20H22N2O3. The second-order valence-electron chi connectivity index (χ2n) is 6.25. The zero-order valence-electron chi connectivity index (χ0n) is 14.5. The number of fused-ring (bicyclic) bond motifs is 1. The lowest BCUT2D eigenvalue weighted by molar-refractivity contribution is -0.134. The van der Waals surface area contributed by atoms with Crippen molar-refractivity contribution in [3.05, 3.63) is 59.7 Å². The molecule has 0 saturated carbocycles. The monoisotopic (exact) mass is 338 g/mol. The highest BCUT2D eigenvalue weighted by atomic mass is 16.5. The molecule has 0 saturated heterocycles. The standard InChI is InChI=1S/C20H22N2O3/c1-14(15-6-4-3-5-7-15)22(2)20(24)13-25-17-9-10-18-16(12-17)8-11-19(23)21-18/h3-7,9-10,12,14H,8,11,13H2,1-2H3,(H,21,23). The number of nitrogens with zero attached hydrogens (tertiary/aromatic N) is 1. The van der Waals surface area contributed by atoms with E-state index in [1.807, 2.05) is 49.4 Å². The Kier molecular flexibility index (Phi) is 5.03. The molecule has 1 aliphatic heterocycles. The molecule has 0 aromatic heterocycles. The summed E-state index contributed by atoms with van der Waals surface area (Å²) in [4.78, 5) is 25.5. The Labute approximate surface area is 147 Å². The van der Waals surface area contributed by atoms with Crippen LogP contribution in [0.1, 0.15) is 30.5 Å². The quantitative estimate of drug-likeness (QED) is 0.911. The third-order valence-corrected chi connectivity index (χ3v) is 4.59. The Bertz CT molecular complexity index is 774. The van der Waals surface area contributed by atoms with Gasteiger partial charge in [0.1, 0.15) is 5.75 Å². The first-order valence-electron chi connectivity index (χ1n) is 8.41. The Morgan fingerprint density at radius 3 is 2.72 bits per heavy atom. The van der Waals surface area contributed by atoms with Gasteiger partial charge in [-0.2, -0.15) is 0 Å². The molecule has 0 aliphatic carbocycles. The minimum Gasteiger partial charge on any atom is -0.484 e. The van der Waals surface area contributed by atoms with Crippen LogP contribution >= 0.6 is 0 Å². The van der Waals surface area contributed by atoms with Gasteiger partial charge in [-0.15, -0.1) is 0 Å². The number of ether oxygens (including phenoxy) is 1. The van der Waals surface area contributed by atoms with Crippen LogP contribution in [0.2, 0.25) is 0 Å². The van der Waals surface area contributed by atoms with E-state index in [0.717, 1.165) is 16.8 Å². The third-order valence-electron chi connectivity index (χ3n) is 4.59. The molecule has 1 atom stereocenters. The molecule has 1 heterocycles. The van der Waals surface area contributed by atoms with Crippen LogP contribution in [0.15, 0.2) is 48.5 Å². The van der Waals surface area contributed by atoms with Crippen LogP contribution in [0, 0.1) is 0 Å². The highest BCUT2D eigenvalue weighted by Crippen LogP contribution is 2.27. The van der Waals surface area contributed by atoms with Crippen LogP contribution in [0.3, 0.4) is 0 Å². The van der Waals surface area contributed by atoms with Crippen molar-refractivity contribution in [3.63, 3.8) is 0 Å². The predicted octanol–water partition coefficient (Wildman–Crippen LogP) is 3.17. The lowest BCUT2D eigenvalue weighted by Crippen LogP contribution is -2.33. The van der Waals surface area contributed by atoms with Crippen molar-refractivity contribution in [1.82, 2.24) is 4.90 Å². The van der Waals surface area contributed by atoms with Crippen molar-refractivity contribution in [3.8, 4) is 5.75 Å². The Balaban J connectivity index is 1.59. The van der Waals surface area contributed by atoms with Crippen LogP contribution in [0.25, 0.3) is 0 Å². The Morgan fingerprint density at radius 1 is 1.20 bits per heavy atom. The van der Waals surface area contributed by atoms with Crippen LogP contribution in [-0.4, -0.2) is 30.4 Å². The van der Waals surface area contributed by atoms with Gasteiger partial charge in [-0.05, 0) is 42.7 Å². The summed E-state index contributed by atoms with van der Waals surface area (Å²) in [5.41, 5.74) is 2.95. The van der Waals surface area contributed by atoms with Crippen molar-refractivity contribution >= 4 is 17.5 Å². The first kappa shape index (κ1) is 17.0.